The molecule has 0 aliphatic carbocycles. The van der Waals surface area contributed by atoms with Crippen molar-refractivity contribution in [2.24, 2.45) is 5.92 Å². The monoisotopic (exact) mass is 230 g/mol. The Balaban J connectivity index is 2.55. The van der Waals surface area contributed by atoms with E-state index >= 15 is 0 Å². The Morgan fingerprint density at radius 2 is 2.00 bits per heavy atom. The second kappa shape index (κ2) is 7.09. The fourth-order valence-corrected chi connectivity index (χ4v) is 2.10. The molecule has 0 radical (unpaired) electrons. The lowest BCUT2D eigenvalue weighted by atomic mass is 10.0. The molecule has 2 heteroatoms. The number of nitriles is 1. The first-order valence-electron chi connectivity index (χ1n) is 6.37. The van der Waals surface area contributed by atoms with Gasteiger partial charge in [0.2, 0.25) is 0 Å². The topological polar surface area (TPSA) is 27.0 Å². The van der Waals surface area contributed by atoms with Crippen LogP contribution >= 0.6 is 0 Å². The summed E-state index contributed by atoms with van der Waals surface area (Å²) in [5.74, 6) is 0.777. The van der Waals surface area contributed by atoms with Gasteiger partial charge in [-0.3, -0.25) is 0 Å². The maximum Gasteiger partial charge on any atom is 0.0991 e. The normalized spacial score (nSPS) is 10.8. The van der Waals surface area contributed by atoms with Crippen LogP contribution in [0.5, 0.6) is 0 Å². The van der Waals surface area contributed by atoms with E-state index in [1.165, 1.54) is 18.4 Å². The fraction of sp³-hybridized carbons (Fsp3) is 0.533. The maximum absolute atomic E-state index is 8.85. The third-order valence-electron chi connectivity index (χ3n) is 3.23. The number of rotatable bonds is 6. The number of hydrogen-bond acceptors (Lipinski definition) is 2. The Kier molecular flexibility index (Phi) is 5.72. The molecule has 92 valence electrons. The maximum atomic E-state index is 8.85. The predicted molar refractivity (Wildman–Crippen MR) is 71.6 cm³/mol. The molecule has 0 atom stereocenters. The summed E-state index contributed by atoms with van der Waals surface area (Å²) in [6, 6.07) is 10.1. The van der Waals surface area contributed by atoms with Gasteiger partial charge in [-0.1, -0.05) is 38.8 Å². The van der Waals surface area contributed by atoms with Gasteiger partial charge in [0.25, 0.3) is 0 Å². The van der Waals surface area contributed by atoms with Gasteiger partial charge < -0.3 is 4.90 Å². The van der Waals surface area contributed by atoms with E-state index in [1.807, 2.05) is 18.2 Å². The molecule has 2 nitrogen and oxygen atoms in total. The number of benzene rings is 1. The highest BCUT2D eigenvalue weighted by molar-refractivity contribution is 5.32. The first kappa shape index (κ1) is 13.7. The lowest BCUT2D eigenvalue weighted by Crippen LogP contribution is -2.24. The molecule has 0 aromatic heterocycles. The largest absolute Gasteiger partial charge is 0.302 e. The van der Waals surface area contributed by atoms with Crippen LogP contribution in [0.4, 0.5) is 0 Å². The highest BCUT2D eigenvalue weighted by Gasteiger charge is 2.08. The van der Waals surface area contributed by atoms with Gasteiger partial charge in [-0.2, -0.15) is 5.26 Å². The highest BCUT2D eigenvalue weighted by atomic mass is 15.1. The third kappa shape index (κ3) is 4.58. The van der Waals surface area contributed by atoms with Crippen molar-refractivity contribution in [1.82, 2.24) is 4.90 Å². The van der Waals surface area contributed by atoms with Crippen molar-refractivity contribution in [3.63, 3.8) is 0 Å². The van der Waals surface area contributed by atoms with Gasteiger partial charge in [-0.15, -0.1) is 0 Å². The van der Waals surface area contributed by atoms with Crippen LogP contribution in [-0.2, 0) is 6.54 Å². The molecule has 0 aliphatic heterocycles. The highest BCUT2D eigenvalue weighted by Crippen LogP contribution is 2.12. The second-order valence-corrected chi connectivity index (χ2v) is 4.69. The standard InChI is InChI=1S/C15H22N2/c1-4-13(5-2)11-17(3)12-15-8-6-7-14(9-15)10-16/h6-9,13H,4-5,11-12H2,1-3H3. The van der Waals surface area contributed by atoms with E-state index in [1.54, 1.807) is 0 Å². The summed E-state index contributed by atoms with van der Waals surface area (Å²) in [5, 5.41) is 8.85. The van der Waals surface area contributed by atoms with Crippen molar-refractivity contribution in [1.29, 1.82) is 5.26 Å². The van der Waals surface area contributed by atoms with Crippen molar-refractivity contribution in [3.05, 3.63) is 35.4 Å². The Hall–Kier alpha value is -1.33. The van der Waals surface area contributed by atoms with E-state index in [4.69, 9.17) is 5.26 Å². The first-order valence-corrected chi connectivity index (χ1v) is 6.37. The van der Waals surface area contributed by atoms with Gasteiger partial charge in [0.1, 0.15) is 0 Å². The predicted octanol–water partition coefficient (Wildman–Crippen LogP) is 3.43. The van der Waals surface area contributed by atoms with Gasteiger partial charge in [0, 0.05) is 13.1 Å². The molecule has 0 fully saturated rings. The third-order valence-corrected chi connectivity index (χ3v) is 3.23. The van der Waals surface area contributed by atoms with E-state index in [2.05, 4.69) is 37.9 Å². The molecule has 17 heavy (non-hydrogen) atoms. The summed E-state index contributed by atoms with van der Waals surface area (Å²) in [4.78, 5) is 2.34. The lowest BCUT2D eigenvalue weighted by Gasteiger charge is -2.22. The van der Waals surface area contributed by atoms with E-state index < -0.39 is 0 Å². The molecular formula is C15H22N2. The van der Waals surface area contributed by atoms with Crippen LogP contribution in [0.1, 0.15) is 37.8 Å². The van der Waals surface area contributed by atoms with Gasteiger partial charge >= 0.3 is 0 Å². The molecule has 0 aliphatic rings. The van der Waals surface area contributed by atoms with E-state index in [0.717, 1.165) is 24.6 Å². The summed E-state index contributed by atoms with van der Waals surface area (Å²) >= 11 is 0. The average molecular weight is 230 g/mol. The summed E-state index contributed by atoms with van der Waals surface area (Å²) in [7, 11) is 2.15. The SMILES string of the molecule is CCC(CC)CN(C)Cc1cccc(C#N)c1. The van der Waals surface area contributed by atoms with Crippen molar-refractivity contribution in [2.75, 3.05) is 13.6 Å². The zero-order valence-corrected chi connectivity index (χ0v) is 11.1. The van der Waals surface area contributed by atoms with Crippen LogP contribution in [0.3, 0.4) is 0 Å². The molecule has 0 spiro atoms. The number of hydrogen-bond donors (Lipinski definition) is 0. The van der Waals surface area contributed by atoms with Crippen LogP contribution in [0.25, 0.3) is 0 Å². The lowest BCUT2D eigenvalue weighted by molar-refractivity contribution is 0.260. The molecule has 0 bridgehead atoms. The van der Waals surface area contributed by atoms with E-state index in [9.17, 15) is 0 Å². The second-order valence-electron chi connectivity index (χ2n) is 4.69. The quantitative estimate of drug-likeness (QED) is 0.748. The molecule has 0 saturated carbocycles. The smallest absolute Gasteiger partial charge is 0.0991 e. The molecule has 0 N–H and O–H groups in total. The Morgan fingerprint density at radius 3 is 2.59 bits per heavy atom. The minimum Gasteiger partial charge on any atom is -0.302 e. The van der Waals surface area contributed by atoms with Crippen LogP contribution in [-0.4, -0.2) is 18.5 Å². The molecule has 1 aromatic rings. The van der Waals surface area contributed by atoms with Crippen molar-refractivity contribution < 1.29 is 0 Å². The molecular weight excluding hydrogens is 208 g/mol. The molecule has 0 saturated heterocycles. The van der Waals surface area contributed by atoms with E-state index in [-0.39, 0.29) is 0 Å². The van der Waals surface area contributed by atoms with Crippen LogP contribution in [0.2, 0.25) is 0 Å². The zero-order valence-electron chi connectivity index (χ0n) is 11.1. The summed E-state index contributed by atoms with van der Waals surface area (Å²) in [5.41, 5.74) is 1.97. The van der Waals surface area contributed by atoms with Crippen LogP contribution in [0.15, 0.2) is 24.3 Å². The first-order chi connectivity index (χ1) is 8.19. The summed E-state index contributed by atoms with van der Waals surface area (Å²) in [6.07, 6.45) is 2.47. The van der Waals surface area contributed by atoms with E-state index in [0.29, 0.717) is 0 Å². The minimum atomic E-state index is 0.749. The Labute approximate surface area is 105 Å². The molecule has 0 amide bonds. The van der Waals surface area contributed by atoms with Gasteiger partial charge in [0.05, 0.1) is 11.6 Å². The number of nitrogens with zero attached hydrogens (tertiary/aromatic N) is 2. The molecule has 1 aromatic carbocycles. The van der Waals surface area contributed by atoms with Crippen molar-refractivity contribution in [2.45, 2.75) is 33.2 Å². The molecule has 1 rings (SSSR count). The summed E-state index contributed by atoms with van der Waals surface area (Å²) in [6.45, 7) is 6.55. The van der Waals surface area contributed by atoms with Crippen LogP contribution < -0.4 is 0 Å². The minimum absolute atomic E-state index is 0.749. The fourth-order valence-electron chi connectivity index (χ4n) is 2.10. The average Bonchev–Trinajstić information content (AvgIpc) is 2.36. The molecule has 0 heterocycles. The Morgan fingerprint density at radius 1 is 1.29 bits per heavy atom. The van der Waals surface area contributed by atoms with Gasteiger partial charge in [-0.25, -0.2) is 0 Å². The van der Waals surface area contributed by atoms with Crippen LogP contribution in [0, 0.1) is 17.2 Å². The van der Waals surface area contributed by atoms with Crippen molar-refractivity contribution in [3.8, 4) is 6.07 Å². The Bertz CT molecular complexity index is 375. The zero-order chi connectivity index (χ0) is 12.7. The van der Waals surface area contributed by atoms with Gasteiger partial charge in [0.15, 0.2) is 0 Å². The molecule has 0 unspecified atom stereocenters. The van der Waals surface area contributed by atoms with Crippen molar-refractivity contribution >= 4 is 0 Å². The van der Waals surface area contributed by atoms with Gasteiger partial charge in [-0.05, 0) is 30.7 Å². The summed E-state index contributed by atoms with van der Waals surface area (Å²) < 4.78 is 0.